The average molecular weight is 188 g/mol. The Bertz CT molecular complexity index is 430. The Morgan fingerprint density at radius 1 is 1.64 bits per heavy atom. The predicted octanol–water partition coefficient (Wildman–Crippen LogP) is 1.69. The smallest absolute Gasteiger partial charge is 0.354 e. The summed E-state index contributed by atoms with van der Waals surface area (Å²) in [6.45, 7) is 7.04. The SMILES string of the molecule is [C-]#[N+]C1(c2ccnc(C(=O)O)c2)CC1. The molecule has 1 aromatic rings. The minimum atomic E-state index is -1.05. The number of aromatic carboxylic acids is 1. The molecule has 1 saturated carbocycles. The zero-order valence-electron chi connectivity index (χ0n) is 7.40. The molecule has 4 heteroatoms. The molecule has 0 aromatic carbocycles. The first-order valence-corrected chi connectivity index (χ1v) is 4.26. The highest BCUT2D eigenvalue weighted by Gasteiger charge is 2.52. The number of carbonyl (C=O) groups is 1. The Hall–Kier alpha value is -1.89. The molecular formula is C10H8N2O2. The lowest BCUT2D eigenvalue weighted by molar-refractivity contribution is 0.0690. The predicted molar refractivity (Wildman–Crippen MR) is 48.7 cm³/mol. The van der Waals surface area contributed by atoms with Crippen LogP contribution in [0, 0.1) is 6.57 Å². The lowest BCUT2D eigenvalue weighted by atomic mass is 10.1. The van der Waals surface area contributed by atoms with E-state index in [-0.39, 0.29) is 5.69 Å². The molecule has 0 atom stereocenters. The van der Waals surface area contributed by atoms with Gasteiger partial charge in [0.25, 0.3) is 5.54 Å². The molecule has 0 radical (unpaired) electrons. The summed E-state index contributed by atoms with van der Waals surface area (Å²) in [7, 11) is 0. The molecule has 70 valence electrons. The van der Waals surface area contributed by atoms with Gasteiger partial charge in [0, 0.05) is 24.6 Å². The number of aromatic nitrogens is 1. The first kappa shape index (κ1) is 8.70. The number of hydrogen-bond acceptors (Lipinski definition) is 2. The third-order valence-corrected chi connectivity index (χ3v) is 2.45. The molecule has 0 bridgehead atoms. The summed E-state index contributed by atoms with van der Waals surface area (Å²) in [5, 5.41) is 8.73. The van der Waals surface area contributed by atoms with Gasteiger partial charge in [-0.3, -0.25) is 0 Å². The Balaban J connectivity index is 2.42. The van der Waals surface area contributed by atoms with E-state index in [1.807, 2.05) is 0 Å². The number of carboxylic acid groups (broad SMARTS) is 1. The quantitative estimate of drug-likeness (QED) is 0.718. The molecule has 1 aliphatic carbocycles. The Kier molecular flexibility index (Phi) is 1.74. The second-order valence-corrected chi connectivity index (χ2v) is 3.38. The molecular weight excluding hydrogens is 180 g/mol. The summed E-state index contributed by atoms with van der Waals surface area (Å²) in [4.78, 5) is 17.9. The summed E-state index contributed by atoms with van der Waals surface area (Å²) in [6.07, 6.45) is 3.09. The van der Waals surface area contributed by atoms with Gasteiger partial charge in [0.1, 0.15) is 5.69 Å². The van der Waals surface area contributed by atoms with Crippen molar-refractivity contribution >= 4 is 5.97 Å². The van der Waals surface area contributed by atoms with Crippen LogP contribution in [-0.4, -0.2) is 16.1 Å². The van der Waals surface area contributed by atoms with Crippen molar-refractivity contribution in [3.63, 3.8) is 0 Å². The summed E-state index contributed by atoms with van der Waals surface area (Å²) >= 11 is 0. The van der Waals surface area contributed by atoms with Crippen molar-refractivity contribution in [2.45, 2.75) is 18.4 Å². The minimum Gasteiger partial charge on any atom is -0.477 e. The van der Waals surface area contributed by atoms with Gasteiger partial charge in [0.15, 0.2) is 0 Å². The van der Waals surface area contributed by atoms with E-state index in [0.717, 1.165) is 18.4 Å². The van der Waals surface area contributed by atoms with Gasteiger partial charge in [-0.1, -0.05) is 0 Å². The van der Waals surface area contributed by atoms with Crippen molar-refractivity contribution in [2.75, 3.05) is 0 Å². The average Bonchev–Trinajstić information content (AvgIpc) is 2.98. The second-order valence-electron chi connectivity index (χ2n) is 3.38. The molecule has 0 unspecified atom stereocenters. The summed E-state index contributed by atoms with van der Waals surface area (Å²) < 4.78 is 0. The summed E-state index contributed by atoms with van der Waals surface area (Å²) in [5.74, 6) is -1.05. The molecule has 0 saturated heterocycles. The molecule has 1 N–H and O–H groups in total. The van der Waals surface area contributed by atoms with E-state index in [1.54, 1.807) is 6.07 Å². The van der Waals surface area contributed by atoms with Gasteiger partial charge in [-0.15, -0.1) is 0 Å². The van der Waals surface area contributed by atoms with Crippen molar-refractivity contribution in [2.24, 2.45) is 0 Å². The minimum absolute atomic E-state index is 0.0115. The molecule has 0 amide bonds. The third kappa shape index (κ3) is 1.23. The summed E-state index contributed by atoms with van der Waals surface area (Å²) in [6, 6.07) is 3.21. The lowest BCUT2D eigenvalue weighted by Gasteiger charge is -2.02. The van der Waals surface area contributed by atoms with Crippen LogP contribution in [0.25, 0.3) is 4.85 Å². The fourth-order valence-electron chi connectivity index (χ4n) is 1.42. The van der Waals surface area contributed by atoms with E-state index in [2.05, 4.69) is 9.83 Å². The van der Waals surface area contributed by atoms with E-state index in [4.69, 9.17) is 11.7 Å². The van der Waals surface area contributed by atoms with Gasteiger partial charge in [0.05, 0.1) is 0 Å². The van der Waals surface area contributed by atoms with Gasteiger partial charge in [-0.25, -0.2) is 16.4 Å². The highest BCUT2D eigenvalue weighted by Crippen LogP contribution is 2.49. The lowest BCUT2D eigenvalue weighted by Crippen LogP contribution is -2.05. The second kappa shape index (κ2) is 2.81. The van der Waals surface area contributed by atoms with Crippen molar-refractivity contribution in [1.29, 1.82) is 0 Å². The molecule has 2 rings (SSSR count). The standard InChI is InChI=1S/C10H8N2O2/c1-11-10(3-4-10)7-2-5-12-8(6-7)9(13)14/h2,5-6H,3-4H2,(H,13,14). The van der Waals surface area contributed by atoms with E-state index >= 15 is 0 Å². The van der Waals surface area contributed by atoms with Crippen LogP contribution in [0.15, 0.2) is 18.3 Å². The summed E-state index contributed by atoms with van der Waals surface area (Å²) in [5.41, 5.74) is 0.338. The highest BCUT2D eigenvalue weighted by atomic mass is 16.4. The van der Waals surface area contributed by atoms with Crippen LogP contribution in [0.4, 0.5) is 0 Å². The monoisotopic (exact) mass is 188 g/mol. The zero-order chi connectivity index (χ0) is 10.2. The number of carboxylic acids is 1. The fourth-order valence-corrected chi connectivity index (χ4v) is 1.42. The van der Waals surface area contributed by atoms with Crippen LogP contribution < -0.4 is 0 Å². The van der Waals surface area contributed by atoms with Crippen LogP contribution in [0.3, 0.4) is 0 Å². The van der Waals surface area contributed by atoms with Gasteiger partial charge in [-0.05, 0) is 12.1 Å². The number of nitrogens with zero attached hydrogens (tertiary/aromatic N) is 2. The molecule has 0 aliphatic heterocycles. The number of pyridine rings is 1. The van der Waals surface area contributed by atoms with E-state index in [1.165, 1.54) is 12.3 Å². The zero-order valence-corrected chi connectivity index (χ0v) is 7.40. The van der Waals surface area contributed by atoms with Crippen LogP contribution in [0.5, 0.6) is 0 Å². The maximum atomic E-state index is 10.6. The van der Waals surface area contributed by atoms with Gasteiger partial charge < -0.3 is 9.95 Å². The molecule has 1 heterocycles. The van der Waals surface area contributed by atoms with Crippen molar-refractivity contribution in [1.82, 2.24) is 4.98 Å². The van der Waals surface area contributed by atoms with Gasteiger partial charge in [0.2, 0.25) is 0 Å². The van der Waals surface area contributed by atoms with Crippen molar-refractivity contribution in [3.8, 4) is 0 Å². The van der Waals surface area contributed by atoms with Crippen LogP contribution in [0.1, 0.15) is 28.9 Å². The third-order valence-electron chi connectivity index (χ3n) is 2.45. The molecule has 1 fully saturated rings. The maximum absolute atomic E-state index is 10.6. The molecule has 0 spiro atoms. The van der Waals surface area contributed by atoms with Crippen LogP contribution >= 0.6 is 0 Å². The Morgan fingerprint density at radius 3 is 2.86 bits per heavy atom. The first-order valence-electron chi connectivity index (χ1n) is 4.26. The Morgan fingerprint density at radius 2 is 2.36 bits per heavy atom. The van der Waals surface area contributed by atoms with E-state index in [0.29, 0.717) is 0 Å². The maximum Gasteiger partial charge on any atom is 0.354 e. The van der Waals surface area contributed by atoms with Crippen LogP contribution in [0.2, 0.25) is 0 Å². The topological polar surface area (TPSA) is 54.5 Å². The van der Waals surface area contributed by atoms with Gasteiger partial charge >= 0.3 is 5.97 Å². The van der Waals surface area contributed by atoms with Crippen molar-refractivity contribution in [3.05, 3.63) is 41.0 Å². The number of hydrogen-bond donors (Lipinski definition) is 1. The molecule has 1 aromatic heterocycles. The molecule has 1 aliphatic rings. The molecule has 14 heavy (non-hydrogen) atoms. The number of rotatable bonds is 2. The van der Waals surface area contributed by atoms with E-state index in [9.17, 15) is 4.79 Å². The first-order chi connectivity index (χ1) is 6.68. The highest BCUT2D eigenvalue weighted by molar-refractivity contribution is 5.85. The van der Waals surface area contributed by atoms with Crippen LogP contribution in [-0.2, 0) is 5.54 Å². The molecule has 4 nitrogen and oxygen atoms in total. The largest absolute Gasteiger partial charge is 0.477 e. The van der Waals surface area contributed by atoms with Gasteiger partial charge in [-0.2, -0.15) is 0 Å². The normalized spacial score (nSPS) is 17.1. The van der Waals surface area contributed by atoms with E-state index < -0.39 is 11.5 Å². The van der Waals surface area contributed by atoms with Crippen molar-refractivity contribution < 1.29 is 9.90 Å². The Labute approximate surface area is 81.0 Å². The fraction of sp³-hybridized carbons (Fsp3) is 0.300.